The minimum atomic E-state index is -0.114. The average Bonchev–Trinajstić information content (AvgIpc) is 3.40. The third-order valence-corrected chi connectivity index (χ3v) is 5.90. The molecule has 0 aliphatic heterocycles. The van der Waals surface area contributed by atoms with Gasteiger partial charge in [-0.15, -0.1) is 0 Å². The van der Waals surface area contributed by atoms with E-state index < -0.39 is 0 Å². The van der Waals surface area contributed by atoms with Gasteiger partial charge in [-0.2, -0.15) is 10.2 Å². The van der Waals surface area contributed by atoms with Gasteiger partial charge in [-0.3, -0.25) is 4.79 Å². The summed E-state index contributed by atoms with van der Waals surface area (Å²) >= 11 is 0. The van der Waals surface area contributed by atoms with E-state index in [2.05, 4.69) is 10.1 Å². The minimum absolute atomic E-state index is 0.114. The first-order valence-corrected chi connectivity index (χ1v) is 11.2. The lowest BCUT2D eigenvalue weighted by molar-refractivity contribution is 0.0786. The molecule has 0 spiro atoms. The van der Waals surface area contributed by atoms with Crippen molar-refractivity contribution >= 4 is 11.6 Å². The molecular weight excluding hydrogens is 424 g/mol. The van der Waals surface area contributed by atoms with Gasteiger partial charge in [0, 0.05) is 42.3 Å². The number of fused-ring (bicyclic) bond motifs is 1. The number of amides is 1. The minimum Gasteiger partial charge on any atom is -0.337 e. The maximum Gasteiger partial charge on any atom is 0.259 e. The Morgan fingerprint density at radius 1 is 0.941 bits per heavy atom. The molecule has 34 heavy (non-hydrogen) atoms. The van der Waals surface area contributed by atoms with Crippen LogP contribution in [0.5, 0.6) is 0 Å². The Bertz CT molecular complexity index is 1480. The zero-order valence-corrected chi connectivity index (χ0v) is 19.7. The van der Waals surface area contributed by atoms with Crippen LogP contribution in [0, 0.1) is 20.8 Å². The van der Waals surface area contributed by atoms with Crippen molar-refractivity contribution in [2.45, 2.75) is 27.3 Å². The molecule has 0 aliphatic carbocycles. The highest BCUT2D eigenvalue weighted by Crippen LogP contribution is 2.26. The Labute approximate surface area is 198 Å². The Balaban J connectivity index is 1.53. The van der Waals surface area contributed by atoms with E-state index in [9.17, 15) is 4.79 Å². The molecule has 3 heterocycles. The Morgan fingerprint density at radius 2 is 1.62 bits per heavy atom. The van der Waals surface area contributed by atoms with E-state index in [-0.39, 0.29) is 5.91 Å². The summed E-state index contributed by atoms with van der Waals surface area (Å²) in [5, 5.41) is 9.43. The molecule has 0 aliphatic rings. The molecule has 5 aromatic rings. The summed E-state index contributed by atoms with van der Waals surface area (Å²) < 4.78 is 3.61. The largest absolute Gasteiger partial charge is 0.337 e. The first-order valence-electron chi connectivity index (χ1n) is 11.2. The molecule has 0 unspecified atom stereocenters. The van der Waals surface area contributed by atoms with E-state index >= 15 is 0 Å². The average molecular weight is 451 g/mol. The summed E-state index contributed by atoms with van der Waals surface area (Å²) in [6.07, 6.45) is 2.00. The third-order valence-electron chi connectivity index (χ3n) is 5.90. The van der Waals surface area contributed by atoms with E-state index in [1.807, 2.05) is 105 Å². The van der Waals surface area contributed by atoms with Crippen molar-refractivity contribution in [3.05, 3.63) is 101 Å². The van der Waals surface area contributed by atoms with E-state index in [1.165, 1.54) is 0 Å². The van der Waals surface area contributed by atoms with Gasteiger partial charge >= 0.3 is 0 Å². The normalized spacial score (nSPS) is 11.2. The van der Waals surface area contributed by atoms with Crippen molar-refractivity contribution in [3.63, 3.8) is 0 Å². The first-order chi connectivity index (χ1) is 16.4. The SMILES string of the molecule is Cc1cc(C)n2nc(C)c(C(=O)N(C)Cc3cn(-c4ccccc4)nc3-c3ccccc3)c2n1. The number of hydrogen-bond acceptors (Lipinski definition) is 4. The van der Waals surface area contributed by atoms with Crippen molar-refractivity contribution in [1.29, 1.82) is 0 Å². The van der Waals surface area contributed by atoms with Gasteiger partial charge in [0.25, 0.3) is 5.91 Å². The quantitative estimate of drug-likeness (QED) is 0.386. The summed E-state index contributed by atoms with van der Waals surface area (Å²) in [5.41, 5.74) is 7.38. The van der Waals surface area contributed by atoms with E-state index in [4.69, 9.17) is 5.10 Å². The van der Waals surface area contributed by atoms with Gasteiger partial charge in [0.15, 0.2) is 5.65 Å². The molecule has 2 aromatic carbocycles. The van der Waals surface area contributed by atoms with Crippen molar-refractivity contribution < 1.29 is 4.79 Å². The zero-order valence-electron chi connectivity index (χ0n) is 19.7. The number of aromatic nitrogens is 5. The summed E-state index contributed by atoms with van der Waals surface area (Å²) in [7, 11) is 1.81. The van der Waals surface area contributed by atoms with Gasteiger partial charge in [0.05, 0.1) is 17.1 Å². The monoisotopic (exact) mass is 450 g/mol. The van der Waals surface area contributed by atoms with Crippen LogP contribution in [0.15, 0.2) is 72.9 Å². The lowest BCUT2D eigenvalue weighted by atomic mass is 10.1. The highest BCUT2D eigenvalue weighted by molar-refractivity contribution is 6.01. The van der Waals surface area contributed by atoms with Gasteiger partial charge in [-0.05, 0) is 39.0 Å². The molecule has 170 valence electrons. The van der Waals surface area contributed by atoms with Crippen LogP contribution in [0.2, 0.25) is 0 Å². The maximum absolute atomic E-state index is 13.6. The fourth-order valence-electron chi connectivity index (χ4n) is 4.27. The second kappa shape index (κ2) is 8.59. The fourth-order valence-corrected chi connectivity index (χ4v) is 4.27. The van der Waals surface area contributed by atoms with Crippen LogP contribution in [0.25, 0.3) is 22.6 Å². The van der Waals surface area contributed by atoms with Gasteiger partial charge in [-0.25, -0.2) is 14.2 Å². The van der Waals surface area contributed by atoms with Crippen LogP contribution in [-0.2, 0) is 6.54 Å². The maximum atomic E-state index is 13.6. The fraction of sp³-hybridized carbons (Fsp3) is 0.185. The van der Waals surface area contributed by atoms with Crippen LogP contribution in [0.1, 0.15) is 33.0 Å². The molecule has 0 N–H and O–H groups in total. The second-order valence-electron chi connectivity index (χ2n) is 8.55. The summed E-state index contributed by atoms with van der Waals surface area (Å²) in [4.78, 5) is 19.9. The Kier molecular flexibility index (Phi) is 5.45. The van der Waals surface area contributed by atoms with Crippen LogP contribution < -0.4 is 0 Å². The third kappa shape index (κ3) is 3.85. The van der Waals surface area contributed by atoms with Gasteiger partial charge in [0.2, 0.25) is 0 Å². The second-order valence-corrected chi connectivity index (χ2v) is 8.55. The number of para-hydroxylation sites is 1. The number of carbonyl (C=O) groups is 1. The molecule has 7 nitrogen and oxygen atoms in total. The van der Waals surface area contributed by atoms with Crippen LogP contribution in [0.3, 0.4) is 0 Å². The van der Waals surface area contributed by atoms with E-state index in [1.54, 1.807) is 9.42 Å². The molecule has 0 saturated heterocycles. The predicted octanol–water partition coefficient (Wildman–Crippen LogP) is 4.78. The number of aryl methyl sites for hydroxylation is 3. The van der Waals surface area contributed by atoms with Gasteiger partial charge < -0.3 is 4.90 Å². The molecule has 3 aromatic heterocycles. The van der Waals surface area contributed by atoms with Crippen molar-refractivity contribution in [3.8, 4) is 16.9 Å². The van der Waals surface area contributed by atoms with Crippen LogP contribution in [-0.4, -0.2) is 42.2 Å². The molecular formula is C27H26N6O. The van der Waals surface area contributed by atoms with E-state index in [0.717, 1.165) is 33.9 Å². The van der Waals surface area contributed by atoms with Gasteiger partial charge in [0.1, 0.15) is 5.56 Å². The molecule has 0 bridgehead atoms. The number of carbonyl (C=O) groups excluding carboxylic acids is 1. The molecule has 5 rings (SSSR count). The molecule has 0 fully saturated rings. The highest BCUT2D eigenvalue weighted by Gasteiger charge is 2.24. The molecule has 0 saturated carbocycles. The van der Waals surface area contributed by atoms with E-state index in [0.29, 0.717) is 23.4 Å². The van der Waals surface area contributed by atoms with Crippen LogP contribution in [0.4, 0.5) is 0 Å². The lowest BCUT2D eigenvalue weighted by Gasteiger charge is -2.17. The first kappa shape index (κ1) is 21.6. The summed E-state index contributed by atoms with van der Waals surface area (Å²) in [6.45, 7) is 6.15. The van der Waals surface area contributed by atoms with Crippen molar-refractivity contribution in [1.82, 2.24) is 29.3 Å². The number of benzene rings is 2. The molecule has 1 amide bonds. The van der Waals surface area contributed by atoms with Crippen molar-refractivity contribution in [2.75, 3.05) is 7.05 Å². The summed E-state index contributed by atoms with van der Waals surface area (Å²) in [5.74, 6) is -0.114. The topological polar surface area (TPSA) is 68.3 Å². The standard InChI is InChI=1S/C27H26N6O/c1-18-15-19(2)33-26(28-18)24(20(3)29-33)27(34)31(4)16-22-17-32(23-13-9-6-10-14-23)30-25(22)21-11-7-5-8-12-21/h5-15,17H,16H2,1-4H3. The predicted molar refractivity (Wildman–Crippen MR) is 132 cm³/mol. The smallest absolute Gasteiger partial charge is 0.259 e. The van der Waals surface area contributed by atoms with Gasteiger partial charge in [-0.1, -0.05) is 48.5 Å². The lowest BCUT2D eigenvalue weighted by Crippen LogP contribution is -2.27. The summed E-state index contributed by atoms with van der Waals surface area (Å²) in [6, 6.07) is 22.0. The number of rotatable bonds is 5. The highest BCUT2D eigenvalue weighted by atomic mass is 16.2. The number of nitrogens with zero attached hydrogens (tertiary/aromatic N) is 6. The van der Waals surface area contributed by atoms with Crippen LogP contribution >= 0.6 is 0 Å². The van der Waals surface area contributed by atoms with Crippen molar-refractivity contribution in [2.24, 2.45) is 0 Å². The zero-order chi connectivity index (χ0) is 23.8. The number of hydrogen-bond donors (Lipinski definition) is 0. The molecule has 7 heteroatoms. The molecule has 0 atom stereocenters. The Hall–Kier alpha value is -4.26. The Morgan fingerprint density at radius 3 is 2.32 bits per heavy atom. The molecule has 0 radical (unpaired) electrons.